The largest absolute Gasteiger partial charge is 0.480 e. The van der Waals surface area contributed by atoms with E-state index in [4.69, 9.17) is 5.11 Å². The lowest BCUT2D eigenvalue weighted by Crippen LogP contribution is -2.40. The highest BCUT2D eigenvalue weighted by atomic mass is 16.4. The maximum atomic E-state index is 11.8. The summed E-state index contributed by atoms with van der Waals surface area (Å²) in [6.45, 7) is 3.72. The van der Waals surface area contributed by atoms with Crippen molar-refractivity contribution in [2.24, 2.45) is 0 Å². The van der Waals surface area contributed by atoms with Crippen molar-refractivity contribution in [3.05, 3.63) is 29.8 Å². The molecule has 0 fully saturated rings. The molecule has 0 aliphatic heterocycles. The molecule has 0 aromatic heterocycles. The number of anilines is 1. The van der Waals surface area contributed by atoms with Gasteiger partial charge in [0.25, 0.3) is 0 Å². The molecule has 0 aliphatic rings. The lowest BCUT2D eigenvalue weighted by atomic mass is 10.1. The Bertz CT molecular complexity index is 457. The van der Waals surface area contributed by atoms with Gasteiger partial charge in [0.15, 0.2) is 0 Å². The van der Waals surface area contributed by atoms with Gasteiger partial charge in [0, 0.05) is 5.69 Å². The molecule has 0 aliphatic carbocycles. The molecule has 5 heteroatoms. The van der Waals surface area contributed by atoms with E-state index in [0.717, 1.165) is 18.5 Å². The van der Waals surface area contributed by atoms with Crippen LogP contribution < -0.4 is 5.32 Å². The highest BCUT2D eigenvalue weighted by Gasteiger charge is 2.18. The van der Waals surface area contributed by atoms with Crippen LogP contribution in [0.1, 0.15) is 25.8 Å². The number of aryl methyl sites for hydroxylation is 1. The molecule has 2 N–H and O–H groups in total. The number of hydrogen-bond donors (Lipinski definition) is 2. The van der Waals surface area contributed by atoms with Gasteiger partial charge >= 0.3 is 5.97 Å². The lowest BCUT2D eigenvalue weighted by Gasteiger charge is -2.20. The molecule has 1 unspecified atom stereocenters. The van der Waals surface area contributed by atoms with Crippen molar-refractivity contribution in [3.8, 4) is 0 Å². The Morgan fingerprint density at radius 1 is 1.30 bits per heavy atom. The number of carboxylic acid groups (broad SMARTS) is 1. The Kier molecular flexibility index (Phi) is 6.18. The Labute approximate surface area is 119 Å². The fourth-order valence-corrected chi connectivity index (χ4v) is 1.80. The Morgan fingerprint density at radius 3 is 2.40 bits per heavy atom. The van der Waals surface area contributed by atoms with Gasteiger partial charge in [-0.3, -0.25) is 14.5 Å². The Morgan fingerprint density at radius 2 is 1.90 bits per heavy atom. The minimum Gasteiger partial charge on any atom is -0.480 e. The standard InChI is InChI=1S/C15H22N2O3/c1-4-5-12-6-8-13(9-7-12)16-14(18)10-17(3)11(2)15(19)20/h6-9,11H,4-5,10H2,1-3H3,(H,16,18)(H,19,20). The third-order valence-electron chi connectivity index (χ3n) is 3.19. The molecule has 0 bridgehead atoms. The predicted octanol–water partition coefficient (Wildman–Crippen LogP) is 1.98. The quantitative estimate of drug-likeness (QED) is 0.800. The lowest BCUT2D eigenvalue weighted by molar-refractivity contribution is -0.142. The number of amides is 1. The smallest absolute Gasteiger partial charge is 0.320 e. The summed E-state index contributed by atoms with van der Waals surface area (Å²) in [5.74, 6) is -1.16. The number of nitrogens with zero attached hydrogens (tertiary/aromatic N) is 1. The maximum absolute atomic E-state index is 11.8. The first kappa shape index (κ1) is 16.2. The van der Waals surface area contributed by atoms with E-state index >= 15 is 0 Å². The van der Waals surface area contributed by atoms with E-state index in [2.05, 4.69) is 12.2 Å². The van der Waals surface area contributed by atoms with E-state index in [0.29, 0.717) is 0 Å². The maximum Gasteiger partial charge on any atom is 0.320 e. The van der Waals surface area contributed by atoms with Crippen LogP contribution in [-0.2, 0) is 16.0 Å². The molecule has 0 saturated heterocycles. The van der Waals surface area contributed by atoms with Crippen molar-refractivity contribution in [3.63, 3.8) is 0 Å². The Balaban J connectivity index is 2.51. The normalized spacial score (nSPS) is 12.2. The van der Waals surface area contributed by atoms with Crippen LogP contribution in [0.4, 0.5) is 5.69 Å². The molecule has 0 heterocycles. The first-order valence-corrected chi connectivity index (χ1v) is 6.76. The number of rotatable bonds is 7. The third kappa shape index (κ3) is 5.01. The minimum atomic E-state index is -0.941. The summed E-state index contributed by atoms with van der Waals surface area (Å²) in [5.41, 5.74) is 1.97. The summed E-state index contributed by atoms with van der Waals surface area (Å²) < 4.78 is 0. The monoisotopic (exact) mass is 278 g/mol. The first-order valence-electron chi connectivity index (χ1n) is 6.76. The van der Waals surface area contributed by atoms with Gasteiger partial charge in [-0.25, -0.2) is 0 Å². The van der Waals surface area contributed by atoms with Crippen molar-refractivity contribution in [2.75, 3.05) is 18.9 Å². The van der Waals surface area contributed by atoms with E-state index in [1.807, 2.05) is 24.3 Å². The summed E-state index contributed by atoms with van der Waals surface area (Å²) in [5, 5.41) is 11.6. The molecule has 110 valence electrons. The Hall–Kier alpha value is -1.88. The fourth-order valence-electron chi connectivity index (χ4n) is 1.80. The molecule has 0 radical (unpaired) electrons. The summed E-state index contributed by atoms with van der Waals surface area (Å²) in [6.07, 6.45) is 2.11. The molecule has 1 amide bonds. The number of carboxylic acids is 1. The van der Waals surface area contributed by atoms with Gasteiger partial charge in [-0.2, -0.15) is 0 Å². The van der Waals surface area contributed by atoms with Crippen LogP contribution in [0, 0.1) is 0 Å². The van der Waals surface area contributed by atoms with Gasteiger partial charge in [-0.15, -0.1) is 0 Å². The first-order chi connectivity index (χ1) is 9.43. The molecule has 0 spiro atoms. The number of carbonyl (C=O) groups is 2. The van der Waals surface area contributed by atoms with Crippen molar-refractivity contribution in [1.82, 2.24) is 4.90 Å². The average molecular weight is 278 g/mol. The van der Waals surface area contributed by atoms with Crippen LogP contribution in [0.15, 0.2) is 24.3 Å². The zero-order valence-corrected chi connectivity index (χ0v) is 12.2. The molecule has 1 aromatic carbocycles. The second-order valence-electron chi connectivity index (χ2n) is 4.92. The molecule has 1 rings (SSSR count). The molecule has 20 heavy (non-hydrogen) atoms. The highest BCUT2D eigenvalue weighted by molar-refractivity contribution is 5.92. The van der Waals surface area contributed by atoms with Crippen LogP contribution in [0.3, 0.4) is 0 Å². The van der Waals surface area contributed by atoms with Gasteiger partial charge in [-0.1, -0.05) is 25.5 Å². The van der Waals surface area contributed by atoms with Crippen LogP contribution in [0.25, 0.3) is 0 Å². The number of likely N-dealkylation sites (N-methyl/N-ethyl adjacent to an activating group) is 1. The summed E-state index contributed by atoms with van der Waals surface area (Å²) in [6, 6.07) is 7.02. The average Bonchev–Trinajstić information content (AvgIpc) is 2.40. The highest BCUT2D eigenvalue weighted by Crippen LogP contribution is 2.11. The molecule has 0 saturated carbocycles. The molecular weight excluding hydrogens is 256 g/mol. The van der Waals surface area contributed by atoms with E-state index in [-0.39, 0.29) is 12.5 Å². The van der Waals surface area contributed by atoms with Crippen molar-refractivity contribution in [1.29, 1.82) is 0 Å². The van der Waals surface area contributed by atoms with Gasteiger partial charge < -0.3 is 10.4 Å². The van der Waals surface area contributed by atoms with Crippen LogP contribution in [-0.4, -0.2) is 41.5 Å². The van der Waals surface area contributed by atoms with Crippen molar-refractivity contribution < 1.29 is 14.7 Å². The molecule has 1 aromatic rings. The van der Waals surface area contributed by atoms with Crippen molar-refractivity contribution >= 4 is 17.6 Å². The van der Waals surface area contributed by atoms with E-state index in [9.17, 15) is 9.59 Å². The minimum absolute atomic E-state index is 0.0458. The second kappa shape index (κ2) is 7.65. The molecule has 1 atom stereocenters. The van der Waals surface area contributed by atoms with Crippen molar-refractivity contribution in [2.45, 2.75) is 32.7 Å². The van der Waals surface area contributed by atoms with Crippen LogP contribution in [0.2, 0.25) is 0 Å². The van der Waals surface area contributed by atoms with E-state index in [1.165, 1.54) is 10.5 Å². The summed E-state index contributed by atoms with van der Waals surface area (Å²) in [7, 11) is 1.61. The number of benzene rings is 1. The van der Waals surface area contributed by atoms with E-state index in [1.54, 1.807) is 14.0 Å². The summed E-state index contributed by atoms with van der Waals surface area (Å²) >= 11 is 0. The second-order valence-corrected chi connectivity index (χ2v) is 4.92. The number of aliphatic carboxylic acids is 1. The topological polar surface area (TPSA) is 69.6 Å². The molecule has 5 nitrogen and oxygen atoms in total. The zero-order valence-electron chi connectivity index (χ0n) is 12.2. The van der Waals surface area contributed by atoms with Gasteiger partial charge in [0.1, 0.15) is 6.04 Å². The van der Waals surface area contributed by atoms with Gasteiger partial charge in [0.05, 0.1) is 6.54 Å². The third-order valence-corrected chi connectivity index (χ3v) is 3.19. The van der Waals surface area contributed by atoms with Crippen LogP contribution in [0.5, 0.6) is 0 Å². The van der Waals surface area contributed by atoms with E-state index < -0.39 is 12.0 Å². The number of nitrogens with one attached hydrogen (secondary N) is 1. The number of hydrogen-bond acceptors (Lipinski definition) is 3. The zero-order chi connectivity index (χ0) is 15.1. The summed E-state index contributed by atoms with van der Waals surface area (Å²) in [4.78, 5) is 24.1. The van der Waals surface area contributed by atoms with Gasteiger partial charge in [0.2, 0.25) is 5.91 Å². The number of carbonyl (C=O) groups excluding carboxylic acids is 1. The molecular formula is C15H22N2O3. The van der Waals surface area contributed by atoms with Gasteiger partial charge in [-0.05, 0) is 38.1 Å². The predicted molar refractivity (Wildman–Crippen MR) is 78.8 cm³/mol. The SMILES string of the molecule is CCCc1ccc(NC(=O)CN(C)C(C)C(=O)O)cc1. The van der Waals surface area contributed by atoms with Crippen LogP contribution >= 0.6 is 0 Å². The fraction of sp³-hybridized carbons (Fsp3) is 0.467.